The van der Waals surface area contributed by atoms with Gasteiger partial charge in [-0.3, -0.25) is 0 Å². The molecule has 0 aliphatic carbocycles. The summed E-state index contributed by atoms with van der Waals surface area (Å²) >= 11 is 0. The normalized spacial score (nSPS) is 16.8. The van der Waals surface area contributed by atoms with Gasteiger partial charge in [0.2, 0.25) is 0 Å². The average Bonchev–Trinajstić information content (AvgIpc) is 3.08. The zero-order chi connectivity index (χ0) is 14.4. The van der Waals surface area contributed by atoms with Gasteiger partial charge < -0.3 is 14.6 Å². The Morgan fingerprint density at radius 1 is 1.24 bits per heavy atom. The average molecular weight is 279 g/mol. The van der Waals surface area contributed by atoms with E-state index in [1.807, 2.05) is 12.1 Å². The molecule has 4 nitrogen and oxygen atoms in total. The topological polar surface area (TPSA) is 39.1 Å². The number of nitrogens with one attached hydrogen (secondary N) is 1. The molecule has 0 saturated carbocycles. The number of rotatable bonds is 2. The fourth-order valence-corrected chi connectivity index (χ4v) is 3.15. The molecule has 4 heteroatoms. The third-order valence-corrected chi connectivity index (χ3v) is 4.27. The number of fused-ring (bicyclic) bond motifs is 2. The maximum atomic E-state index is 5.29. The van der Waals surface area contributed by atoms with E-state index in [9.17, 15) is 0 Å². The van der Waals surface area contributed by atoms with Gasteiger partial charge in [-0.25, -0.2) is 4.98 Å². The predicted octanol–water partition coefficient (Wildman–Crippen LogP) is 3.14. The zero-order valence-corrected chi connectivity index (χ0v) is 12.1. The number of benzene rings is 2. The number of para-hydroxylation sites is 1. The molecule has 3 aromatic rings. The first-order valence-electron chi connectivity index (χ1n) is 7.11. The lowest BCUT2D eigenvalue weighted by Crippen LogP contribution is -2.09. The summed E-state index contributed by atoms with van der Waals surface area (Å²) in [7, 11) is 3.76. The number of hydrogen-bond acceptors (Lipinski definition) is 3. The minimum absolute atomic E-state index is 0.296. The highest BCUT2D eigenvalue weighted by atomic mass is 16.5. The molecule has 1 unspecified atom stereocenters. The maximum absolute atomic E-state index is 5.29. The van der Waals surface area contributed by atoms with Crippen LogP contribution in [0.4, 0.5) is 5.69 Å². The van der Waals surface area contributed by atoms with Gasteiger partial charge in [0.1, 0.15) is 11.6 Å². The minimum Gasteiger partial charge on any atom is -0.497 e. The Hall–Kier alpha value is -2.49. The van der Waals surface area contributed by atoms with E-state index < -0.39 is 0 Å². The molecular formula is C17H17N3O. The summed E-state index contributed by atoms with van der Waals surface area (Å²) in [5.74, 6) is 2.23. The number of aromatic nitrogens is 2. The number of ether oxygens (including phenoxy) is 1. The van der Waals surface area contributed by atoms with E-state index in [2.05, 4.69) is 47.3 Å². The van der Waals surface area contributed by atoms with E-state index in [0.717, 1.165) is 29.2 Å². The Kier molecular flexibility index (Phi) is 2.64. The second kappa shape index (κ2) is 4.52. The summed E-state index contributed by atoms with van der Waals surface area (Å²) in [6.45, 7) is 0.896. The van der Waals surface area contributed by atoms with Crippen molar-refractivity contribution in [1.29, 1.82) is 0 Å². The molecule has 1 N–H and O–H groups in total. The van der Waals surface area contributed by atoms with E-state index in [1.165, 1.54) is 11.3 Å². The van der Waals surface area contributed by atoms with Gasteiger partial charge in [0.05, 0.1) is 24.1 Å². The lowest BCUT2D eigenvalue weighted by Gasteiger charge is -2.10. The summed E-state index contributed by atoms with van der Waals surface area (Å²) in [4.78, 5) is 4.84. The van der Waals surface area contributed by atoms with Gasteiger partial charge in [0.25, 0.3) is 0 Å². The second-order valence-corrected chi connectivity index (χ2v) is 5.40. The molecule has 1 aliphatic heterocycles. The van der Waals surface area contributed by atoms with E-state index in [1.54, 1.807) is 7.11 Å². The molecule has 0 radical (unpaired) electrons. The Morgan fingerprint density at radius 3 is 2.95 bits per heavy atom. The van der Waals surface area contributed by atoms with Crippen LogP contribution in [0, 0.1) is 0 Å². The molecular weight excluding hydrogens is 262 g/mol. The first-order valence-corrected chi connectivity index (χ1v) is 7.11. The molecule has 1 atom stereocenters. The molecule has 4 rings (SSSR count). The van der Waals surface area contributed by atoms with Crippen molar-refractivity contribution in [3.63, 3.8) is 0 Å². The fourth-order valence-electron chi connectivity index (χ4n) is 3.15. The van der Waals surface area contributed by atoms with Crippen LogP contribution in [-0.2, 0) is 7.05 Å². The van der Waals surface area contributed by atoms with E-state index >= 15 is 0 Å². The zero-order valence-electron chi connectivity index (χ0n) is 12.1. The van der Waals surface area contributed by atoms with Gasteiger partial charge in [0, 0.05) is 25.3 Å². The van der Waals surface area contributed by atoms with Crippen molar-refractivity contribution in [1.82, 2.24) is 9.55 Å². The van der Waals surface area contributed by atoms with E-state index in [4.69, 9.17) is 9.72 Å². The standard InChI is InChI=1S/C17H17N3O/c1-20-16-8-7-11(21-2)9-15(16)19-17(20)13-10-18-14-6-4-3-5-12(13)14/h3-9,13,18H,10H2,1-2H3. The van der Waals surface area contributed by atoms with Gasteiger partial charge in [0.15, 0.2) is 0 Å². The second-order valence-electron chi connectivity index (χ2n) is 5.40. The third-order valence-electron chi connectivity index (χ3n) is 4.27. The van der Waals surface area contributed by atoms with Crippen LogP contribution in [-0.4, -0.2) is 23.2 Å². The van der Waals surface area contributed by atoms with Crippen molar-refractivity contribution >= 4 is 16.7 Å². The summed E-state index contributed by atoms with van der Waals surface area (Å²) in [6.07, 6.45) is 0. The number of anilines is 1. The highest BCUT2D eigenvalue weighted by Gasteiger charge is 2.27. The lowest BCUT2D eigenvalue weighted by molar-refractivity contribution is 0.415. The smallest absolute Gasteiger partial charge is 0.121 e. The molecule has 0 saturated heterocycles. The SMILES string of the molecule is COc1ccc2c(c1)nc(C1CNc3ccccc31)n2C. The number of nitrogens with zero attached hydrogens (tertiary/aromatic N) is 2. The van der Waals surface area contributed by atoms with E-state index in [-0.39, 0.29) is 0 Å². The Morgan fingerprint density at radius 2 is 2.10 bits per heavy atom. The van der Waals surface area contributed by atoms with Crippen molar-refractivity contribution in [3.8, 4) is 5.75 Å². The summed E-state index contributed by atoms with van der Waals surface area (Å²) in [6, 6.07) is 14.5. The third kappa shape index (κ3) is 1.79. The monoisotopic (exact) mass is 279 g/mol. The van der Waals surface area contributed by atoms with Crippen LogP contribution in [0.25, 0.3) is 11.0 Å². The molecule has 21 heavy (non-hydrogen) atoms. The predicted molar refractivity (Wildman–Crippen MR) is 84.0 cm³/mol. The first kappa shape index (κ1) is 12.3. The first-order chi connectivity index (χ1) is 10.3. The van der Waals surface area contributed by atoms with Crippen molar-refractivity contribution in [2.75, 3.05) is 19.0 Å². The van der Waals surface area contributed by atoms with Crippen LogP contribution in [0.2, 0.25) is 0 Å². The van der Waals surface area contributed by atoms with Crippen LogP contribution in [0.3, 0.4) is 0 Å². The van der Waals surface area contributed by atoms with Crippen molar-refractivity contribution in [2.24, 2.45) is 7.05 Å². The van der Waals surface area contributed by atoms with Crippen molar-refractivity contribution < 1.29 is 4.74 Å². The molecule has 2 aromatic carbocycles. The minimum atomic E-state index is 0.296. The van der Waals surface area contributed by atoms with Crippen molar-refractivity contribution in [2.45, 2.75) is 5.92 Å². The van der Waals surface area contributed by atoms with Crippen LogP contribution in [0.15, 0.2) is 42.5 Å². The van der Waals surface area contributed by atoms with Crippen LogP contribution in [0.1, 0.15) is 17.3 Å². The number of imidazole rings is 1. The van der Waals surface area contributed by atoms with Crippen LogP contribution < -0.4 is 10.1 Å². The van der Waals surface area contributed by atoms with Crippen LogP contribution >= 0.6 is 0 Å². The van der Waals surface area contributed by atoms with Gasteiger partial charge >= 0.3 is 0 Å². The Labute approximate surface area is 123 Å². The van der Waals surface area contributed by atoms with E-state index in [0.29, 0.717) is 5.92 Å². The molecule has 0 bridgehead atoms. The fraction of sp³-hybridized carbons (Fsp3) is 0.235. The molecule has 106 valence electrons. The van der Waals surface area contributed by atoms with Gasteiger partial charge in [-0.15, -0.1) is 0 Å². The highest BCUT2D eigenvalue weighted by molar-refractivity contribution is 5.78. The lowest BCUT2D eigenvalue weighted by atomic mass is 10.0. The molecule has 0 fully saturated rings. The Bertz CT molecular complexity index is 822. The number of hydrogen-bond donors (Lipinski definition) is 1. The summed E-state index contributed by atoms with van der Waals surface area (Å²) in [5.41, 5.74) is 4.65. The quantitative estimate of drug-likeness (QED) is 0.783. The highest BCUT2D eigenvalue weighted by Crippen LogP contribution is 2.36. The maximum Gasteiger partial charge on any atom is 0.121 e. The molecule has 1 aromatic heterocycles. The van der Waals surface area contributed by atoms with Gasteiger partial charge in [-0.1, -0.05) is 18.2 Å². The number of methoxy groups -OCH3 is 1. The summed E-state index contributed by atoms with van der Waals surface area (Å²) in [5, 5.41) is 3.46. The molecule has 1 aliphatic rings. The van der Waals surface area contributed by atoms with Crippen molar-refractivity contribution in [3.05, 3.63) is 53.9 Å². The Balaban J connectivity index is 1.86. The van der Waals surface area contributed by atoms with Crippen LogP contribution in [0.5, 0.6) is 5.75 Å². The molecule has 0 spiro atoms. The summed E-state index contributed by atoms with van der Waals surface area (Å²) < 4.78 is 7.48. The van der Waals surface area contributed by atoms with Gasteiger partial charge in [-0.2, -0.15) is 0 Å². The van der Waals surface area contributed by atoms with Gasteiger partial charge in [-0.05, 0) is 23.8 Å². The number of aryl methyl sites for hydroxylation is 1. The molecule has 2 heterocycles. The molecule has 0 amide bonds. The largest absolute Gasteiger partial charge is 0.497 e.